The molecule has 0 spiro atoms. The molecule has 1 aliphatic rings. The van der Waals surface area contributed by atoms with Gasteiger partial charge in [-0.3, -0.25) is 0 Å². The summed E-state index contributed by atoms with van der Waals surface area (Å²) in [5.41, 5.74) is -0.561. The SMILES string of the molecule is C#CCCCNCC1(O)CCOCC1. The van der Waals surface area contributed by atoms with Crippen LogP contribution >= 0.6 is 0 Å². The highest BCUT2D eigenvalue weighted by Gasteiger charge is 2.28. The minimum absolute atomic E-state index is 0.561. The standard InChI is InChI=1S/C11H19NO2/c1-2-3-4-7-12-10-11(13)5-8-14-9-6-11/h1,12-13H,3-10H2. The van der Waals surface area contributed by atoms with Crippen LogP contribution in [0.15, 0.2) is 0 Å². The van der Waals surface area contributed by atoms with Crippen LogP contribution < -0.4 is 5.32 Å². The van der Waals surface area contributed by atoms with Gasteiger partial charge in [0.2, 0.25) is 0 Å². The molecular formula is C11H19NO2. The van der Waals surface area contributed by atoms with Crippen LogP contribution in [-0.4, -0.2) is 37.0 Å². The number of ether oxygens (including phenoxy) is 1. The number of aliphatic hydroxyl groups is 1. The van der Waals surface area contributed by atoms with E-state index in [1.807, 2.05) is 0 Å². The van der Waals surface area contributed by atoms with Crippen molar-refractivity contribution in [1.29, 1.82) is 0 Å². The first-order valence-corrected chi connectivity index (χ1v) is 5.21. The highest BCUT2D eigenvalue weighted by Crippen LogP contribution is 2.18. The van der Waals surface area contributed by atoms with Gasteiger partial charge in [-0.25, -0.2) is 0 Å². The maximum Gasteiger partial charge on any atom is 0.0815 e. The summed E-state index contributed by atoms with van der Waals surface area (Å²) in [5, 5.41) is 13.3. The van der Waals surface area contributed by atoms with Gasteiger partial charge in [0.05, 0.1) is 5.60 Å². The zero-order valence-electron chi connectivity index (χ0n) is 8.59. The van der Waals surface area contributed by atoms with Gasteiger partial charge in [0.25, 0.3) is 0 Å². The molecule has 0 aromatic rings. The maximum absolute atomic E-state index is 10.0. The van der Waals surface area contributed by atoms with E-state index in [4.69, 9.17) is 11.2 Å². The van der Waals surface area contributed by atoms with Crippen molar-refractivity contribution in [3.8, 4) is 12.3 Å². The Morgan fingerprint density at radius 1 is 1.43 bits per heavy atom. The normalized spacial score (nSPS) is 20.3. The molecule has 0 atom stereocenters. The summed E-state index contributed by atoms with van der Waals surface area (Å²) in [5.74, 6) is 2.59. The minimum Gasteiger partial charge on any atom is -0.388 e. The first kappa shape index (κ1) is 11.5. The molecule has 1 aliphatic heterocycles. The van der Waals surface area contributed by atoms with Crippen molar-refractivity contribution in [1.82, 2.24) is 5.32 Å². The smallest absolute Gasteiger partial charge is 0.0815 e. The van der Waals surface area contributed by atoms with E-state index in [0.717, 1.165) is 32.2 Å². The van der Waals surface area contributed by atoms with Crippen LogP contribution in [0.3, 0.4) is 0 Å². The number of nitrogens with one attached hydrogen (secondary N) is 1. The van der Waals surface area contributed by atoms with E-state index in [0.29, 0.717) is 19.8 Å². The van der Waals surface area contributed by atoms with Gasteiger partial charge in [0.1, 0.15) is 0 Å². The lowest BCUT2D eigenvalue weighted by Gasteiger charge is -2.32. The fourth-order valence-corrected chi connectivity index (χ4v) is 1.56. The van der Waals surface area contributed by atoms with Gasteiger partial charge in [-0.05, 0) is 13.0 Å². The Bertz CT molecular complexity index is 192. The molecule has 0 saturated carbocycles. The summed E-state index contributed by atoms with van der Waals surface area (Å²) in [6.45, 7) is 2.87. The predicted molar refractivity (Wildman–Crippen MR) is 55.9 cm³/mol. The first-order valence-electron chi connectivity index (χ1n) is 5.21. The molecule has 0 amide bonds. The molecule has 1 rings (SSSR count). The monoisotopic (exact) mass is 197 g/mol. The van der Waals surface area contributed by atoms with E-state index in [1.54, 1.807) is 0 Å². The second-order valence-corrected chi connectivity index (χ2v) is 3.82. The van der Waals surface area contributed by atoms with Crippen LogP contribution in [-0.2, 0) is 4.74 Å². The summed E-state index contributed by atoms with van der Waals surface area (Å²) in [7, 11) is 0. The molecular weight excluding hydrogens is 178 g/mol. The molecule has 0 bridgehead atoms. The van der Waals surface area contributed by atoms with Crippen molar-refractivity contribution in [3.63, 3.8) is 0 Å². The van der Waals surface area contributed by atoms with Crippen LogP contribution in [0.2, 0.25) is 0 Å². The summed E-state index contributed by atoms with van der Waals surface area (Å²) in [6, 6.07) is 0. The van der Waals surface area contributed by atoms with Crippen molar-refractivity contribution in [2.24, 2.45) is 0 Å². The number of terminal acetylenes is 1. The third kappa shape index (κ3) is 4.10. The molecule has 0 aromatic heterocycles. The average Bonchev–Trinajstić information content (AvgIpc) is 2.18. The molecule has 80 valence electrons. The topological polar surface area (TPSA) is 41.5 Å². The van der Waals surface area contributed by atoms with E-state index < -0.39 is 5.60 Å². The third-order valence-electron chi connectivity index (χ3n) is 2.55. The van der Waals surface area contributed by atoms with E-state index in [2.05, 4.69) is 11.2 Å². The van der Waals surface area contributed by atoms with E-state index in [1.165, 1.54) is 0 Å². The van der Waals surface area contributed by atoms with Crippen molar-refractivity contribution in [2.75, 3.05) is 26.3 Å². The molecule has 1 saturated heterocycles. The lowest BCUT2D eigenvalue weighted by atomic mass is 9.94. The molecule has 0 unspecified atom stereocenters. The van der Waals surface area contributed by atoms with Gasteiger partial charge in [0.15, 0.2) is 0 Å². The highest BCUT2D eigenvalue weighted by molar-refractivity contribution is 4.85. The Hall–Kier alpha value is -0.560. The second-order valence-electron chi connectivity index (χ2n) is 3.82. The molecule has 14 heavy (non-hydrogen) atoms. The number of hydrogen-bond donors (Lipinski definition) is 2. The fourth-order valence-electron chi connectivity index (χ4n) is 1.56. The van der Waals surface area contributed by atoms with Crippen molar-refractivity contribution in [2.45, 2.75) is 31.3 Å². The lowest BCUT2D eigenvalue weighted by molar-refractivity contribution is -0.0614. The quantitative estimate of drug-likeness (QED) is 0.499. The van der Waals surface area contributed by atoms with Crippen LogP contribution in [0, 0.1) is 12.3 Å². The Kier molecular flexibility index (Phi) is 4.95. The van der Waals surface area contributed by atoms with Gasteiger partial charge < -0.3 is 15.2 Å². The maximum atomic E-state index is 10.0. The van der Waals surface area contributed by atoms with E-state index in [9.17, 15) is 5.11 Å². The van der Waals surface area contributed by atoms with Crippen LogP contribution in [0.4, 0.5) is 0 Å². The van der Waals surface area contributed by atoms with Gasteiger partial charge in [-0.1, -0.05) is 0 Å². The molecule has 1 fully saturated rings. The summed E-state index contributed by atoms with van der Waals surface area (Å²) >= 11 is 0. The Balaban J connectivity index is 2.07. The highest BCUT2D eigenvalue weighted by atomic mass is 16.5. The predicted octanol–water partition coefficient (Wildman–Crippen LogP) is 0.531. The van der Waals surface area contributed by atoms with Crippen molar-refractivity contribution >= 4 is 0 Å². The van der Waals surface area contributed by atoms with Crippen molar-refractivity contribution < 1.29 is 9.84 Å². The number of unbranched alkanes of at least 4 members (excludes halogenated alkanes) is 1. The van der Waals surface area contributed by atoms with Crippen molar-refractivity contribution in [3.05, 3.63) is 0 Å². The molecule has 2 N–H and O–H groups in total. The van der Waals surface area contributed by atoms with Gasteiger partial charge >= 0.3 is 0 Å². The van der Waals surface area contributed by atoms with Crippen LogP contribution in [0.1, 0.15) is 25.7 Å². The number of hydrogen-bond acceptors (Lipinski definition) is 3. The minimum atomic E-state index is -0.561. The fraction of sp³-hybridized carbons (Fsp3) is 0.818. The molecule has 3 nitrogen and oxygen atoms in total. The third-order valence-corrected chi connectivity index (χ3v) is 2.55. The van der Waals surface area contributed by atoms with Crippen LogP contribution in [0.25, 0.3) is 0 Å². The van der Waals surface area contributed by atoms with E-state index >= 15 is 0 Å². The zero-order chi connectivity index (χ0) is 10.3. The number of rotatable bonds is 5. The molecule has 0 aliphatic carbocycles. The zero-order valence-corrected chi connectivity index (χ0v) is 8.59. The summed E-state index contributed by atoms with van der Waals surface area (Å²) in [6.07, 6.45) is 8.37. The summed E-state index contributed by atoms with van der Waals surface area (Å²) in [4.78, 5) is 0. The van der Waals surface area contributed by atoms with Gasteiger partial charge in [-0.2, -0.15) is 0 Å². The Morgan fingerprint density at radius 3 is 2.79 bits per heavy atom. The van der Waals surface area contributed by atoms with E-state index in [-0.39, 0.29) is 0 Å². The first-order chi connectivity index (χ1) is 6.77. The Morgan fingerprint density at radius 2 is 2.14 bits per heavy atom. The Labute approximate surface area is 85.8 Å². The molecule has 3 heteroatoms. The lowest BCUT2D eigenvalue weighted by Crippen LogP contribution is -2.45. The largest absolute Gasteiger partial charge is 0.388 e. The van der Waals surface area contributed by atoms with Gasteiger partial charge in [0, 0.05) is 39.0 Å². The average molecular weight is 197 g/mol. The second kappa shape index (κ2) is 6.02. The summed E-state index contributed by atoms with van der Waals surface area (Å²) < 4.78 is 5.20. The van der Waals surface area contributed by atoms with Crippen LogP contribution in [0.5, 0.6) is 0 Å². The molecule has 0 aromatic carbocycles. The molecule has 1 heterocycles. The van der Waals surface area contributed by atoms with Gasteiger partial charge in [-0.15, -0.1) is 12.3 Å². The molecule has 0 radical (unpaired) electrons.